The first-order valence-corrected chi connectivity index (χ1v) is 4.76. The van der Waals surface area contributed by atoms with Gasteiger partial charge in [0.1, 0.15) is 5.75 Å². The molecule has 0 fully saturated rings. The van der Waals surface area contributed by atoms with Gasteiger partial charge in [0.25, 0.3) is 0 Å². The van der Waals surface area contributed by atoms with Gasteiger partial charge in [0.15, 0.2) is 0 Å². The van der Waals surface area contributed by atoms with E-state index in [0.29, 0.717) is 24.5 Å². The van der Waals surface area contributed by atoms with Crippen LogP contribution < -0.4 is 15.4 Å². The molecular formula is C11H12N2O2. The Balaban J connectivity index is 2.00. The largest absolute Gasteiger partial charge is 0.423 e. The van der Waals surface area contributed by atoms with Crippen LogP contribution in [0.1, 0.15) is 0 Å². The quantitative estimate of drug-likeness (QED) is 0.548. The standard InChI is InChI=1S/C11H12N2O2/c14-11(9-6-12-8-13-7-9)15-10-4-2-1-3-5-10/h1-6,12-13H,7-8H2. The molecule has 0 atom stereocenters. The van der Waals surface area contributed by atoms with E-state index in [1.807, 2.05) is 18.2 Å². The van der Waals surface area contributed by atoms with E-state index in [1.54, 1.807) is 18.3 Å². The lowest BCUT2D eigenvalue weighted by Gasteiger charge is -2.14. The van der Waals surface area contributed by atoms with Crippen LogP contribution in [0.3, 0.4) is 0 Å². The average Bonchev–Trinajstić information content (AvgIpc) is 2.31. The van der Waals surface area contributed by atoms with E-state index in [4.69, 9.17) is 4.74 Å². The second-order valence-electron chi connectivity index (χ2n) is 3.18. The van der Waals surface area contributed by atoms with Gasteiger partial charge in [0.2, 0.25) is 0 Å². The third kappa shape index (κ3) is 2.57. The average molecular weight is 204 g/mol. The molecule has 0 saturated carbocycles. The van der Waals surface area contributed by atoms with Gasteiger partial charge >= 0.3 is 5.97 Å². The molecule has 15 heavy (non-hydrogen) atoms. The number of benzene rings is 1. The molecule has 0 saturated heterocycles. The minimum atomic E-state index is -0.319. The highest BCUT2D eigenvalue weighted by atomic mass is 16.5. The Morgan fingerprint density at radius 3 is 2.73 bits per heavy atom. The van der Waals surface area contributed by atoms with Crippen LogP contribution in [0, 0.1) is 0 Å². The number of hydrogen-bond donors (Lipinski definition) is 2. The number of esters is 1. The first-order chi connectivity index (χ1) is 7.36. The van der Waals surface area contributed by atoms with E-state index in [2.05, 4.69) is 10.6 Å². The Morgan fingerprint density at radius 1 is 1.27 bits per heavy atom. The van der Waals surface area contributed by atoms with Crippen LogP contribution in [0.2, 0.25) is 0 Å². The SMILES string of the molecule is O=C(Oc1ccccc1)C1=CNCNC1. The van der Waals surface area contributed by atoms with Gasteiger partial charge in [-0.15, -0.1) is 0 Å². The summed E-state index contributed by atoms with van der Waals surface area (Å²) in [6.45, 7) is 1.22. The molecule has 0 amide bonds. The summed E-state index contributed by atoms with van der Waals surface area (Å²) in [5, 5.41) is 5.95. The zero-order valence-corrected chi connectivity index (χ0v) is 8.19. The normalized spacial score (nSPS) is 15.1. The van der Waals surface area contributed by atoms with Crippen molar-refractivity contribution in [2.45, 2.75) is 0 Å². The number of hydrogen-bond acceptors (Lipinski definition) is 4. The highest BCUT2D eigenvalue weighted by Gasteiger charge is 2.13. The Labute approximate surface area is 87.9 Å². The fourth-order valence-corrected chi connectivity index (χ4v) is 1.29. The highest BCUT2D eigenvalue weighted by molar-refractivity contribution is 5.90. The molecule has 0 unspecified atom stereocenters. The predicted molar refractivity (Wildman–Crippen MR) is 56.2 cm³/mol. The Bertz CT molecular complexity index is 373. The van der Waals surface area contributed by atoms with Gasteiger partial charge < -0.3 is 10.1 Å². The summed E-state index contributed by atoms with van der Waals surface area (Å²) in [6.07, 6.45) is 1.68. The van der Waals surface area contributed by atoms with Crippen LogP contribution >= 0.6 is 0 Å². The highest BCUT2D eigenvalue weighted by Crippen LogP contribution is 2.10. The van der Waals surface area contributed by atoms with Gasteiger partial charge in [-0.2, -0.15) is 0 Å². The van der Waals surface area contributed by atoms with Crippen molar-refractivity contribution in [1.82, 2.24) is 10.6 Å². The number of ether oxygens (including phenoxy) is 1. The van der Waals surface area contributed by atoms with E-state index in [1.165, 1.54) is 0 Å². The lowest BCUT2D eigenvalue weighted by molar-refractivity contribution is -0.130. The summed E-state index contributed by atoms with van der Waals surface area (Å²) in [7, 11) is 0. The first kappa shape index (κ1) is 9.73. The fourth-order valence-electron chi connectivity index (χ4n) is 1.29. The number of carbonyl (C=O) groups excluding carboxylic acids is 1. The smallest absolute Gasteiger partial charge is 0.342 e. The second kappa shape index (κ2) is 4.61. The molecule has 1 heterocycles. The van der Waals surface area contributed by atoms with Crippen molar-refractivity contribution in [1.29, 1.82) is 0 Å². The van der Waals surface area contributed by atoms with Gasteiger partial charge in [-0.3, -0.25) is 5.32 Å². The minimum absolute atomic E-state index is 0.319. The number of rotatable bonds is 2. The summed E-state index contributed by atoms with van der Waals surface area (Å²) >= 11 is 0. The van der Waals surface area contributed by atoms with Crippen LogP contribution in [0.15, 0.2) is 42.1 Å². The summed E-state index contributed by atoms with van der Waals surface area (Å²) in [6, 6.07) is 9.04. The van der Waals surface area contributed by atoms with Gasteiger partial charge in [0.05, 0.1) is 12.2 Å². The molecular weight excluding hydrogens is 192 g/mol. The van der Waals surface area contributed by atoms with E-state index in [-0.39, 0.29) is 5.97 Å². The van der Waals surface area contributed by atoms with Gasteiger partial charge in [-0.1, -0.05) is 18.2 Å². The van der Waals surface area contributed by atoms with Crippen LogP contribution in [0.25, 0.3) is 0 Å². The lowest BCUT2D eigenvalue weighted by atomic mass is 10.2. The van der Waals surface area contributed by atoms with Gasteiger partial charge in [-0.25, -0.2) is 4.79 Å². The lowest BCUT2D eigenvalue weighted by Crippen LogP contribution is -2.36. The van der Waals surface area contributed by atoms with Crippen LogP contribution in [0.5, 0.6) is 5.75 Å². The molecule has 1 aliphatic heterocycles. The van der Waals surface area contributed by atoms with E-state index in [0.717, 1.165) is 0 Å². The number of carbonyl (C=O) groups is 1. The van der Waals surface area contributed by atoms with Crippen molar-refractivity contribution in [2.24, 2.45) is 0 Å². The van der Waals surface area contributed by atoms with Crippen molar-refractivity contribution in [3.8, 4) is 5.75 Å². The fraction of sp³-hybridized carbons (Fsp3) is 0.182. The zero-order chi connectivity index (χ0) is 10.5. The monoisotopic (exact) mass is 204 g/mol. The topological polar surface area (TPSA) is 50.4 Å². The number of para-hydroxylation sites is 1. The molecule has 78 valence electrons. The third-order valence-corrected chi connectivity index (χ3v) is 2.03. The molecule has 2 N–H and O–H groups in total. The Kier molecular flexibility index (Phi) is 2.99. The molecule has 1 aromatic rings. The summed E-state index contributed by atoms with van der Waals surface area (Å²) in [4.78, 5) is 11.6. The molecule has 1 aliphatic rings. The first-order valence-electron chi connectivity index (χ1n) is 4.76. The second-order valence-corrected chi connectivity index (χ2v) is 3.18. The van der Waals surface area contributed by atoms with E-state index in [9.17, 15) is 4.79 Å². The molecule has 0 bridgehead atoms. The molecule has 4 nitrogen and oxygen atoms in total. The molecule has 1 aromatic carbocycles. The van der Waals surface area contributed by atoms with Crippen LogP contribution in [-0.2, 0) is 4.79 Å². The maximum atomic E-state index is 11.6. The van der Waals surface area contributed by atoms with E-state index < -0.39 is 0 Å². The molecule has 0 radical (unpaired) electrons. The Hall–Kier alpha value is -1.81. The van der Waals surface area contributed by atoms with Crippen LogP contribution in [-0.4, -0.2) is 19.2 Å². The van der Waals surface area contributed by atoms with Gasteiger partial charge in [0, 0.05) is 12.7 Å². The van der Waals surface area contributed by atoms with Gasteiger partial charge in [-0.05, 0) is 12.1 Å². The van der Waals surface area contributed by atoms with Crippen molar-refractivity contribution in [3.63, 3.8) is 0 Å². The molecule has 0 aliphatic carbocycles. The van der Waals surface area contributed by atoms with Crippen molar-refractivity contribution in [3.05, 3.63) is 42.1 Å². The zero-order valence-electron chi connectivity index (χ0n) is 8.19. The maximum absolute atomic E-state index is 11.6. The van der Waals surface area contributed by atoms with Crippen molar-refractivity contribution < 1.29 is 9.53 Å². The molecule has 2 rings (SSSR count). The molecule has 0 aromatic heterocycles. The Morgan fingerprint density at radius 2 is 2.07 bits per heavy atom. The van der Waals surface area contributed by atoms with Crippen molar-refractivity contribution in [2.75, 3.05) is 13.2 Å². The summed E-state index contributed by atoms with van der Waals surface area (Å²) in [5.74, 6) is 0.245. The minimum Gasteiger partial charge on any atom is -0.423 e. The summed E-state index contributed by atoms with van der Waals surface area (Å²) in [5.41, 5.74) is 0.602. The predicted octanol–water partition coefficient (Wildman–Crippen LogP) is 0.626. The third-order valence-electron chi connectivity index (χ3n) is 2.03. The van der Waals surface area contributed by atoms with Crippen molar-refractivity contribution >= 4 is 5.97 Å². The summed E-state index contributed by atoms with van der Waals surface area (Å²) < 4.78 is 5.17. The molecule has 4 heteroatoms. The number of nitrogens with one attached hydrogen (secondary N) is 2. The van der Waals surface area contributed by atoms with E-state index >= 15 is 0 Å². The van der Waals surface area contributed by atoms with Crippen LogP contribution in [0.4, 0.5) is 0 Å². The maximum Gasteiger partial charge on any atom is 0.342 e. The molecule has 0 spiro atoms.